The second-order valence-electron chi connectivity index (χ2n) is 5.87. The molecule has 0 atom stereocenters. The Hall–Kier alpha value is -2.54. The number of phenols is 1. The molecule has 1 heteroatoms. The lowest BCUT2D eigenvalue weighted by molar-refractivity contribution is 0.465. The molecular weight excluding hydrogens is 268 g/mol. The second kappa shape index (κ2) is 6.07. The van der Waals surface area contributed by atoms with Crippen molar-refractivity contribution in [3.05, 3.63) is 78.4 Å². The van der Waals surface area contributed by atoms with Gasteiger partial charge in [-0.2, -0.15) is 0 Å². The maximum absolute atomic E-state index is 9.95. The molecule has 0 saturated heterocycles. The SMILES string of the molecule is CC(C)c1cc(-c2ccc(-c3ccccc3)cc2)ccc1O. The van der Waals surface area contributed by atoms with Crippen molar-refractivity contribution in [3.8, 4) is 28.0 Å². The first-order valence-corrected chi connectivity index (χ1v) is 7.64. The quantitative estimate of drug-likeness (QED) is 0.641. The van der Waals surface area contributed by atoms with Gasteiger partial charge in [-0.05, 0) is 45.9 Å². The number of aromatic hydroxyl groups is 1. The van der Waals surface area contributed by atoms with Gasteiger partial charge >= 0.3 is 0 Å². The molecule has 0 radical (unpaired) electrons. The summed E-state index contributed by atoms with van der Waals surface area (Å²) in [6, 6.07) is 24.8. The molecule has 0 aromatic heterocycles. The fourth-order valence-corrected chi connectivity index (χ4v) is 2.68. The van der Waals surface area contributed by atoms with Crippen molar-refractivity contribution in [2.24, 2.45) is 0 Å². The summed E-state index contributed by atoms with van der Waals surface area (Å²) in [5, 5.41) is 9.95. The number of benzene rings is 3. The van der Waals surface area contributed by atoms with Crippen molar-refractivity contribution in [2.45, 2.75) is 19.8 Å². The van der Waals surface area contributed by atoms with Crippen molar-refractivity contribution in [1.29, 1.82) is 0 Å². The summed E-state index contributed by atoms with van der Waals surface area (Å²) in [7, 11) is 0. The van der Waals surface area contributed by atoms with E-state index < -0.39 is 0 Å². The minimum atomic E-state index is 0.309. The Morgan fingerprint density at radius 2 is 1.14 bits per heavy atom. The fraction of sp³-hybridized carbons (Fsp3) is 0.143. The average molecular weight is 288 g/mol. The largest absolute Gasteiger partial charge is 0.508 e. The lowest BCUT2D eigenvalue weighted by Crippen LogP contribution is -1.89. The van der Waals surface area contributed by atoms with Crippen LogP contribution in [-0.2, 0) is 0 Å². The molecule has 0 saturated carbocycles. The molecule has 0 amide bonds. The van der Waals surface area contributed by atoms with E-state index in [9.17, 15) is 5.11 Å². The Kier molecular flexibility index (Phi) is 3.97. The first kappa shape index (κ1) is 14.4. The van der Waals surface area contributed by atoms with E-state index in [1.54, 1.807) is 6.07 Å². The van der Waals surface area contributed by atoms with Crippen molar-refractivity contribution >= 4 is 0 Å². The van der Waals surface area contributed by atoms with Crippen molar-refractivity contribution in [3.63, 3.8) is 0 Å². The molecule has 0 spiro atoms. The fourth-order valence-electron chi connectivity index (χ4n) is 2.68. The Labute approximate surface area is 131 Å². The Balaban J connectivity index is 1.95. The summed E-state index contributed by atoms with van der Waals surface area (Å²) in [6.07, 6.45) is 0. The third-order valence-electron chi connectivity index (χ3n) is 3.97. The topological polar surface area (TPSA) is 20.2 Å². The zero-order chi connectivity index (χ0) is 15.5. The van der Waals surface area contributed by atoms with Gasteiger partial charge in [-0.3, -0.25) is 0 Å². The van der Waals surface area contributed by atoms with Gasteiger partial charge in [0.2, 0.25) is 0 Å². The van der Waals surface area contributed by atoms with Crippen LogP contribution in [0.1, 0.15) is 25.3 Å². The molecule has 1 N–H and O–H groups in total. The molecule has 1 nitrogen and oxygen atoms in total. The Morgan fingerprint density at radius 3 is 1.73 bits per heavy atom. The summed E-state index contributed by atoms with van der Waals surface area (Å²) in [6.45, 7) is 4.19. The first-order chi connectivity index (χ1) is 10.6. The van der Waals surface area contributed by atoms with Crippen molar-refractivity contribution in [1.82, 2.24) is 0 Å². The molecule has 0 heterocycles. The van der Waals surface area contributed by atoms with Crippen LogP contribution in [0.15, 0.2) is 72.8 Å². The van der Waals surface area contributed by atoms with Crippen molar-refractivity contribution < 1.29 is 5.11 Å². The van der Waals surface area contributed by atoms with Gasteiger partial charge in [-0.25, -0.2) is 0 Å². The summed E-state index contributed by atoms with van der Waals surface area (Å²) in [5.74, 6) is 0.684. The van der Waals surface area contributed by atoms with Gasteiger partial charge in [0.05, 0.1) is 0 Å². The van der Waals surface area contributed by atoms with Crippen LogP contribution >= 0.6 is 0 Å². The van der Waals surface area contributed by atoms with E-state index in [1.807, 2.05) is 12.1 Å². The molecule has 22 heavy (non-hydrogen) atoms. The van der Waals surface area contributed by atoms with E-state index in [2.05, 4.69) is 68.4 Å². The molecule has 0 bridgehead atoms. The van der Waals surface area contributed by atoms with Gasteiger partial charge in [0.25, 0.3) is 0 Å². The van der Waals surface area contributed by atoms with Crippen LogP contribution in [0.3, 0.4) is 0 Å². The number of rotatable bonds is 3. The van der Waals surface area contributed by atoms with Gasteiger partial charge < -0.3 is 5.11 Å². The van der Waals surface area contributed by atoms with Gasteiger partial charge in [-0.15, -0.1) is 0 Å². The highest BCUT2D eigenvalue weighted by Gasteiger charge is 2.08. The summed E-state index contributed by atoms with van der Waals surface area (Å²) in [4.78, 5) is 0. The molecule has 110 valence electrons. The average Bonchev–Trinajstić information content (AvgIpc) is 2.56. The predicted molar refractivity (Wildman–Crippen MR) is 93.1 cm³/mol. The molecule has 0 aliphatic rings. The smallest absolute Gasteiger partial charge is 0.119 e. The van der Waals surface area contributed by atoms with Crippen LogP contribution in [0, 0.1) is 0 Å². The van der Waals surface area contributed by atoms with E-state index in [-0.39, 0.29) is 0 Å². The van der Waals surface area contributed by atoms with E-state index >= 15 is 0 Å². The predicted octanol–water partition coefficient (Wildman–Crippen LogP) is 5.85. The summed E-state index contributed by atoms with van der Waals surface area (Å²) in [5.41, 5.74) is 5.74. The van der Waals surface area contributed by atoms with Crippen molar-refractivity contribution in [2.75, 3.05) is 0 Å². The lowest BCUT2D eigenvalue weighted by Gasteiger charge is -2.11. The third-order valence-corrected chi connectivity index (χ3v) is 3.97. The number of hydrogen-bond acceptors (Lipinski definition) is 1. The van der Waals surface area contributed by atoms with E-state index in [0.717, 1.165) is 11.1 Å². The second-order valence-corrected chi connectivity index (χ2v) is 5.87. The van der Waals surface area contributed by atoms with Crippen LogP contribution in [0.5, 0.6) is 5.75 Å². The maximum atomic E-state index is 9.95. The molecule has 0 unspecified atom stereocenters. The number of hydrogen-bond donors (Lipinski definition) is 1. The summed E-state index contributed by atoms with van der Waals surface area (Å²) < 4.78 is 0. The van der Waals surface area contributed by atoms with Crippen LogP contribution < -0.4 is 0 Å². The molecule has 3 rings (SSSR count). The molecule has 3 aromatic carbocycles. The molecule has 0 aliphatic heterocycles. The highest BCUT2D eigenvalue weighted by atomic mass is 16.3. The zero-order valence-corrected chi connectivity index (χ0v) is 13.0. The summed E-state index contributed by atoms with van der Waals surface area (Å²) >= 11 is 0. The minimum Gasteiger partial charge on any atom is -0.508 e. The minimum absolute atomic E-state index is 0.309. The maximum Gasteiger partial charge on any atom is 0.119 e. The standard InChI is InChI=1S/C21H20O/c1-15(2)20-14-19(12-13-21(20)22)18-10-8-17(9-11-18)16-6-4-3-5-7-16/h3-15,22H,1-2H3. The molecule has 0 aliphatic carbocycles. The van der Waals surface area contributed by atoms with E-state index in [4.69, 9.17) is 0 Å². The number of phenolic OH excluding ortho intramolecular Hbond substituents is 1. The Bertz CT molecular complexity index is 756. The Morgan fingerprint density at radius 1 is 0.636 bits per heavy atom. The normalized spacial score (nSPS) is 10.9. The highest BCUT2D eigenvalue weighted by molar-refractivity contribution is 5.71. The first-order valence-electron chi connectivity index (χ1n) is 7.64. The van der Waals surface area contributed by atoms with Crippen LogP contribution in [0.25, 0.3) is 22.3 Å². The van der Waals surface area contributed by atoms with Gasteiger partial charge in [0.15, 0.2) is 0 Å². The molecule has 3 aromatic rings. The van der Waals surface area contributed by atoms with Gasteiger partial charge in [0.1, 0.15) is 5.75 Å². The van der Waals surface area contributed by atoms with Crippen LogP contribution in [0.2, 0.25) is 0 Å². The van der Waals surface area contributed by atoms with E-state index in [0.29, 0.717) is 11.7 Å². The molecular formula is C21H20O. The van der Waals surface area contributed by atoms with Gasteiger partial charge in [0, 0.05) is 0 Å². The van der Waals surface area contributed by atoms with Crippen LogP contribution in [0.4, 0.5) is 0 Å². The third kappa shape index (κ3) is 2.89. The zero-order valence-electron chi connectivity index (χ0n) is 13.0. The van der Waals surface area contributed by atoms with Crippen LogP contribution in [-0.4, -0.2) is 5.11 Å². The lowest BCUT2D eigenvalue weighted by atomic mass is 9.95. The van der Waals surface area contributed by atoms with E-state index in [1.165, 1.54) is 16.7 Å². The van der Waals surface area contributed by atoms with Gasteiger partial charge in [-0.1, -0.05) is 74.5 Å². The highest BCUT2D eigenvalue weighted by Crippen LogP contribution is 2.31. The molecule has 0 fully saturated rings. The monoisotopic (exact) mass is 288 g/mol.